The molecule has 2 rings (SSSR count). The normalized spacial score (nSPS) is 10.7. The maximum atomic E-state index is 5.92. The number of ether oxygens (including phenoxy) is 1. The van der Waals surface area contributed by atoms with Crippen LogP contribution in [0.5, 0.6) is 5.75 Å². The van der Waals surface area contributed by atoms with E-state index in [9.17, 15) is 0 Å². The third-order valence-corrected chi connectivity index (χ3v) is 2.67. The number of halogens is 1. The average Bonchev–Trinajstić information content (AvgIpc) is 2.37. The van der Waals surface area contributed by atoms with Crippen molar-refractivity contribution in [1.29, 1.82) is 0 Å². The molecule has 0 amide bonds. The van der Waals surface area contributed by atoms with E-state index in [1.54, 1.807) is 7.11 Å². The standard InChI is InChI=1S/C15H13ClO/c1-17-15-9-7-12(8-10-15)5-6-13-3-2-4-14(16)11-13/h2-11H,1H3/b6-5-. The summed E-state index contributed by atoms with van der Waals surface area (Å²) < 4.78 is 5.11. The van der Waals surface area contributed by atoms with E-state index in [-0.39, 0.29) is 0 Å². The van der Waals surface area contributed by atoms with Crippen molar-refractivity contribution < 1.29 is 4.74 Å². The molecule has 0 atom stereocenters. The lowest BCUT2D eigenvalue weighted by Gasteiger charge is -1.99. The first-order valence-corrected chi connectivity index (χ1v) is 5.73. The molecule has 0 aliphatic rings. The highest BCUT2D eigenvalue weighted by Crippen LogP contribution is 2.15. The summed E-state index contributed by atoms with van der Waals surface area (Å²) in [7, 11) is 1.66. The quantitative estimate of drug-likeness (QED) is 0.722. The second-order valence-corrected chi connectivity index (χ2v) is 4.10. The van der Waals surface area contributed by atoms with Crippen LogP contribution < -0.4 is 4.74 Å². The minimum absolute atomic E-state index is 0.752. The van der Waals surface area contributed by atoms with Crippen LogP contribution in [0.1, 0.15) is 11.1 Å². The van der Waals surface area contributed by atoms with Crippen molar-refractivity contribution in [2.45, 2.75) is 0 Å². The van der Waals surface area contributed by atoms with Gasteiger partial charge in [0.05, 0.1) is 7.11 Å². The van der Waals surface area contributed by atoms with Crippen LogP contribution in [0.25, 0.3) is 12.2 Å². The Morgan fingerprint density at radius 2 is 1.65 bits per heavy atom. The van der Waals surface area contributed by atoms with E-state index in [4.69, 9.17) is 16.3 Å². The Hall–Kier alpha value is -1.73. The lowest BCUT2D eigenvalue weighted by molar-refractivity contribution is 0.415. The zero-order valence-corrected chi connectivity index (χ0v) is 10.3. The third-order valence-electron chi connectivity index (χ3n) is 2.43. The fourth-order valence-corrected chi connectivity index (χ4v) is 1.72. The smallest absolute Gasteiger partial charge is 0.118 e. The average molecular weight is 245 g/mol. The van der Waals surface area contributed by atoms with Crippen LogP contribution >= 0.6 is 11.6 Å². The molecule has 86 valence electrons. The Kier molecular flexibility index (Phi) is 3.84. The number of rotatable bonds is 3. The van der Waals surface area contributed by atoms with Gasteiger partial charge in [0.1, 0.15) is 5.75 Å². The monoisotopic (exact) mass is 244 g/mol. The molecule has 0 aliphatic carbocycles. The molecule has 0 saturated carbocycles. The number of benzene rings is 2. The lowest BCUT2D eigenvalue weighted by atomic mass is 10.1. The predicted molar refractivity (Wildman–Crippen MR) is 73.4 cm³/mol. The second kappa shape index (κ2) is 5.55. The van der Waals surface area contributed by atoms with Gasteiger partial charge in [-0.2, -0.15) is 0 Å². The van der Waals surface area contributed by atoms with Gasteiger partial charge in [-0.05, 0) is 35.4 Å². The highest BCUT2D eigenvalue weighted by molar-refractivity contribution is 6.30. The molecule has 2 aromatic carbocycles. The Morgan fingerprint density at radius 1 is 0.941 bits per heavy atom. The van der Waals surface area contributed by atoms with Crippen molar-refractivity contribution >= 4 is 23.8 Å². The minimum atomic E-state index is 0.752. The summed E-state index contributed by atoms with van der Waals surface area (Å²) in [4.78, 5) is 0. The van der Waals surface area contributed by atoms with Crippen LogP contribution in [-0.2, 0) is 0 Å². The molecule has 0 unspecified atom stereocenters. The van der Waals surface area contributed by atoms with E-state index in [0.29, 0.717) is 0 Å². The molecule has 0 bridgehead atoms. The number of methoxy groups -OCH3 is 1. The largest absolute Gasteiger partial charge is 0.497 e. The molecule has 0 spiro atoms. The fourth-order valence-electron chi connectivity index (χ4n) is 1.52. The van der Waals surface area contributed by atoms with Gasteiger partial charge in [0, 0.05) is 5.02 Å². The summed E-state index contributed by atoms with van der Waals surface area (Å²) in [6.45, 7) is 0. The van der Waals surface area contributed by atoms with Crippen molar-refractivity contribution in [2.75, 3.05) is 7.11 Å². The van der Waals surface area contributed by atoms with Crippen LogP contribution in [0.3, 0.4) is 0 Å². The summed E-state index contributed by atoms with van der Waals surface area (Å²) in [6, 6.07) is 15.7. The second-order valence-electron chi connectivity index (χ2n) is 3.66. The highest BCUT2D eigenvalue weighted by Gasteiger charge is 1.91. The zero-order chi connectivity index (χ0) is 12.1. The van der Waals surface area contributed by atoms with Crippen LogP contribution in [0.2, 0.25) is 5.02 Å². The molecular weight excluding hydrogens is 232 g/mol. The first-order chi connectivity index (χ1) is 8.28. The minimum Gasteiger partial charge on any atom is -0.497 e. The van der Waals surface area contributed by atoms with Gasteiger partial charge in [-0.15, -0.1) is 0 Å². The third kappa shape index (κ3) is 3.36. The molecule has 1 nitrogen and oxygen atoms in total. The van der Waals surface area contributed by atoms with E-state index in [1.807, 2.05) is 60.7 Å². The van der Waals surface area contributed by atoms with Gasteiger partial charge < -0.3 is 4.74 Å². The Morgan fingerprint density at radius 3 is 2.29 bits per heavy atom. The van der Waals surface area contributed by atoms with Gasteiger partial charge in [0.2, 0.25) is 0 Å². The SMILES string of the molecule is COc1ccc(/C=C\c2cccc(Cl)c2)cc1. The Bertz CT molecular complexity index is 515. The molecule has 0 saturated heterocycles. The van der Waals surface area contributed by atoms with Crippen LogP contribution in [0.4, 0.5) is 0 Å². The van der Waals surface area contributed by atoms with Gasteiger partial charge in [-0.3, -0.25) is 0 Å². The van der Waals surface area contributed by atoms with Crippen molar-refractivity contribution in [1.82, 2.24) is 0 Å². The molecule has 0 N–H and O–H groups in total. The molecule has 0 aliphatic heterocycles. The molecule has 0 aromatic heterocycles. The Balaban J connectivity index is 2.14. The van der Waals surface area contributed by atoms with E-state index < -0.39 is 0 Å². The summed E-state index contributed by atoms with van der Waals surface area (Å²) in [5.41, 5.74) is 2.22. The fraction of sp³-hybridized carbons (Fsp3) is 0.0667. The van der Waals surface area contributed by atoms with Crippen molar-refractivity contribution in [3.63, 3.8) is 0 Å². The summed E-state index contributed by atoms with van der Waals surface area (Å²) in [6.07, 6.45) is 4.08. The number of hydrogen-bond donors (Lipinski definition) is 0. The zero-order valence-electron chi connectivity index (χ0n) is 9.56. The first kappa shape index (κ1) is 11.7. The van der Waals surface area contributed by atoms with Gasteiger partial charge in [0.15, 0.2) is 0 Å². The van der Waals surface area contributed by atoms with Crippen LogP contribution in [0.15, 0.2) is 48.5 Å². The van der Waals surface area contributed by atoms with Gasteiger partial charge >= 0.3 is 0 Å². The summed E-state index contributed by atoms with van der Waals surface area (Å²) in [5.74, 6) is 0.866. The van der Waals surface area contributed by atoms with Crippen LogP contribution in [-0.4, -0.2) is 7.11 Å². The lowest BCUT2D eigenvalue weighted by Crippen LogP contribution is -1.81. The Labute approximate surface area is 106 Å². The number of hydrogen-bond acceptors (Lipinski definition) is 1. The van der Waals surface area contributed by atoms with Gasteiger partial charge in [-0.25, -0.2) is 0 Å². The predicted octanol–water partition coefficient (Wildman–Crippen LogP) is 4.52. The van der Waals surface area contributed by atoms with Crippen molar-refractivity contribution in [3.8, 4) is 5.75 Å². The maximum absolute atomic E-state index is 5.92. The molecule has 0 radical (unpaired) electrons. The molecule has 2 heteroatoms. The van der Waals surface area contributed by atoms with E-state index >= 15 is 0 Å². The molecule has 17 heavy (non-hydrogen) atoms. The van der Waals surface area contributed by atoms with Gasteiger partial charge in [0.25, 0.3) is 0 Å². The van der Waals surface area contributed by atoms with Crippen LogP contribution in [0, 0.1) is 0 Å². The highest BCUT2D eigenvalue weighted by atomic mass is 35.5. The topological polar surface area (TPSA) is 9.23 Å². The van der Waals surface area contributed by atoms with Crippen molar-refractivity contribution in [3.05, 3.63) is 64.7 Å². The maximum Gasteiger partial charge on any atom is 0.118 e. The van der Waals surface area contributed by atoms with E-state index in [0.717, 1.165) is 21.9 Å². The molecule has 2 aromatic rings. The summed E-state index contributed by atoms with van der Waals surface area (Å²) >= 11 is 5.92. The molecule has 0 fully saturated rings. The molecule has 0 heterocycles. The van der Waals surface area contributed by atoms with Gasteiger partial charge in [-0.1, -0.05) is 48.0 Å². The summed E-state index contributed by atoms with van der Waals surface area (Å²) in [5, 5.41) is 0.752. The first-order valence-electron chi connectivity index (χ1n) is 5.35. The van der Waals surface area contributed by atoms with E-state index in [1.165, 1.54) is 0 Å². The van der Waals surface area contributed by atoms with Crippen molar-refractivity contribution in [2.24, 2.45) is 0 Å². The van der Waals surface area contributed by atoms with E-state index in [2.05, 4.69) is 0 Å². The molecular formula is C15H13ClO.